The van der Waals surface area contributed by atoms with Crippen LogP contribution in [0.2, 0.25) is 0 Å². The Bertz CT molecular complexity index is 127. The normalized spacial score (nSPS) is 12.7. The standard InChI is InChI=1S/C7H15NO3/c1-4-8(6(3)9)7(10)11-5-2/h7,10H,4-5H2,1-3H3. The molecule has 0 aliphatic carbocycles. The number of hydrogen-bond donors (Lipinski definition) is 1. The fourth-order valence-corrected chi connectivity index (χ4v) is 0.773. The summed E-state index contributed by atoms with van der Waals surface area (Å²) < 4.78 is 4.82. The van der Waals surface area contributed by atoms with Gasteiger partial charge < -0.3 is 9.84 Å². The molecule has 4 nitrogen and oxygen atoms in total. The lowest BCUT2D eigenvalue weighted by atomic mass is 10.5. The van der Waals surface area contributed by atoms with E-state index in [1.807, 2.05) is 0 Å². The van der Waals surface area contributed by atoms with E-state index in [1.54, 1.807) is 13.8 Å². The minimum absolute atomic E-state index is 0.187. The van der Waals surface area contributed by atoms with Crippen molar-refractivity contribution in [3.05, 3.63) is 0 Å². The van der Waals surface area contributed by atoms with Crippen LogP contribution in [0.25, 0.3) is 0 Å². The van der Waals surface area contributed by atoms with E-state index in [4.69, 9.17) is 9.84 Å². The maximum atomic E-state index is 10.8. The molecule has 4 heteroatoms. The molecule has 0 fully saturated rings. The molecule has 0 aromatic heterocycles. The van der Waals surface area contributed by atoms with Crippen LogP contribution in [0.4, 0.5) is 0 Å². The third-order valence-electron chi connectivity index (χ3n) is 1.33. The Hall–Kier alpha value is -0.610. The minimum Gasteiger partial charge on any atom is -0.351 e. The molecule has 0 spiro atoms. The molecular formula is C7H15NO3. The van der Waals surface area contributed by atoms with Crippen LogP contribution in [0, 0.1) is 0 Å². The van der Waals surface area contributed by atoms with E-state index in [2.05, 4.69) is 0 Å². The molecule has 0 heterocycles. The Kier molecular flexibility index (Phi) is 4.81. The third-order valence-corrected chi connectivity index (χ3v) is 1.33. The molecule has 1 atom stereocenters. The first-order valence-corrected chi connectivity index (χ1v) is 3.70. The first-order chi connectivity index (χ1) is 5.13. The van der Waals surface area contributed by atoms with Crippen molar-refractivity contribution in [1.29, 1.82) is 0 Å². The molecule has 0 aliphatic heterocycles. The molecule has 66 valence electrons. The Labute approximate surface area is 66.8 Å². The van der Waals surface area contributed by atoms with Gasteiger partial charge in [0.1, 0.15) is 0 Å². The van der Waals surface area contributed by atoms with Crippen LogP contribution < -0.4 is 0 Å². The van der Waals surface area contributed by atoms with E-state index >= 15 is 0 Å². The van der Waals surface area contributed by atoms with E-state index in [0.29, 0.717) is 13.2 Å². The van der Waals surface area contributed by atoms with Crippen molar-refractivity contribution >= 4 is 5.91 Å². The minimum atomic E-state index is -1.09. The highest BCUT2D eigenvalue weighted by Gasteiger charge is 2.15. The van der Waals surface area contributed by atoms with Crippen molar-refractivity contribution in [2.45, 2.75) is 27.2 Å². The summed E-state index contributed by atoms with van der Waals surface area (Å²) in [7, 11) is 0. The Morgan fingerprint density at radius 3 is 2.45 bits per heavy atom. The van der Waals surface area contributed by atoms with Crippen molar-refractivity contribution in [3.8, 4) is 0 Å². The number of aliphatic hydroxyl groups excluding tert-OH is 1. The van der Waals surface area contributed by atoms with E-state index in [9.17, 15) is 4.79 Å². The largest absolute Gasteiger partial charge is 0.351 e. The smallest absolute Gasteiger partial charge is 0.240 e. The lowest BCUT2D eigenvalue weighted by molar-refractivity contribution is -0.195. The Morgan fingerprint density at radius 1 is 1.64 bits per heavy atom. The van der Waals surface area contributed by atoms with Crippen LogP contribution in [-0.2, 0) is 9.53 Å². The van der Waals surface area contributed by atoms with Gasteiger partial charge in [0.05, 0.1) is 0 Å². The van der Waals surface area contributed by atoms with Gasteiger partial charge >= 0.3 is 0 Å². The van der Waals surface area contributed by atoms with E-state index in [0.717, 1.165) is 0 Å². The first kappa shape index (κ1) is 10.4. The highest BCUT2D eigenvalue weighted by Crippen LogP contribution is 1.97. The topological polar surface area (TPSA) is 49.8 Å². The summed E-state index contributed by atoms with van der Waals surface area (Å²) in [5.74, 6) is -0.187. The monoisotopic (exact) mass is 161 g/mol. The molecular weight excluding hydrogens is 146 g/mol. The number of rotatable bonds is 4. The summed E-state index contributed by atoms with van der Waals surface area (Å²) in [6.07, 6.45) is -1.09. The van der Waals surface area contributed by atoms with Crippen LogP contribution in [-0.4, -0.2) is 35.5 Å². The summed E-state index contributed by atoms with van der Waals surface area (Å²) in [4.78, 5) is 12.0. The van der Waals surface area contributed by atoms with Crippen molar-refractivity contribution in [3.63, 3.8) is 0 Å². The highest BCUT2D eigenvalue weighted by molar-refractivity contribution is 5.73. The number of ether oxygens (including phenoxy) is 1. The van der Waals surface area contributed by atoms with Crippen molar-refractivity contribution in [1.82, 2.24) is 4.90 Å². The van der Waals surface area contributed by atoms with Crippen LogP contribution in [0.1, 0.15) is 20.8 Å². The lowest BCUT2D eigenvalue weighted by Gasteiger charge is -2.24. The van der Waals surface area contributed by atoms with Gasteiger partial charge in [0.25, 0.3) is 0 Å². The van der Waals surface area contributed by atoms with E-state index in [1.165, 1.54) is 11.8 Å². The van der Waals surface area contributed by atoms with Gasteiger partial charge in [-0.15, -0.1) is 0 Å². The second kappa shape index (κ2) is 5.09. The number of amides is 1. The molecule has 1 N–H and O–H groups in total. The molecule has 1 amide bonds. The first-order valence-electron chi connectivity index (χ1n) is 3.70. The SMILES string of the molecule is CCOC(O)N(CC)C(C)=O. The lowest BCUT2D eigenvalue weighted by Crippen LogP contribution is -2.40. The molecule has 0 rings (SSSR count). The predicted octanol–water partition coefficient (Wildman–Crippen LogP) is 0.167. The average Bonchev–Trinajstić information content (AvgIpc) is 1.88. The summed E-state index contributed by atoms with van der Waals surface area (Å²) in [6.45, 7) is 5.79. The second-order valence-corrected chi connectivity index (χ2v) is 2.09. The summed E-state index contributed by atoms with van der Waals surface area (Å²) >= 11 is 0. The number of aliphatic hydroxyl groups is 1. The van der Waals surface area contributed by atoms with Gasteiger partial charge in [-0.2, -0.15) is 0 Å². The zero-order valence-electron chi connectivity index (χ0n) is 7.20. The van der Waals surface area contributed by atoms with Gasteiger partial charge in [-0.05, 0) is 13.8 Å². The summed E-state index contributed by atoms with van der Waals surface area (Å²) in [5, 5.41) is 9.16. The zero-order valence-corrected chi connectivity index (χ0v) is 7.20. The van der Waals surface area contributed by atoms with Crippen molar-refractivity contribution in [2.75, 3.05) is 13.2 Å². The van der Waals surface area contributed by atoms with Crippen molar-refractivity contribution in [2.24, 2.45) is 0 Å². The molecule has 0 saturated carbocycles. The van der Waals surface area contributed by atoms with Crippen LogP contribution in [0.15, 0.2) is 0 Å². The Morgan fingerprint density at radius 2 is 2.18 bits per heavy atom. The Balaban J connectivity index is 3.91. The summed E-state index contributed by atoms with van der Waals surface area (Å²) in [5.41, 5.74) is 0. The predicted molar refractivity (Wildman–Crippen MR) is 40.7 cm³/mol. The molecule has 0 bridgehead atoms. The highest BCUT2D eigenvalue weighted by atomic mass is 16.6. The fourth-order valence-electron chi connectivity index (χ4n) is 0.773. The fraction of sp³-hybridized carbons (Fsp3) is 0.857. The van der Waals surface area contributed by atoms with Crippen LogP contribution in [0.3, 0.4) is 0 Å². The number of carbonyl (C=O) groups is 1. The number of carbonyl (C=O) groups excluding carboxylic acids is 1. The van der Waals surface area contributed by atoms with Gasteiger partial charge in [-0.1, -0.05) is 0 Å². The summed E-state index contributed by atoms with van der Waals surface area (Å²) in [6, 6.07) is 0. The molecule has 0 aromatic rings. The quantitative estimate of drug-likeness (QED) is 0.598. The van der Waals surface area contributed by atoms with E-state index < -0.39 is 6.41 Å². The van der Waals surface area contributed by atoms with Crippen LogP contribution in [0.5, 0.6) is 0 Å². The van der Waals surface area contributed by atoms with Gasteiger partial charge in [0, 0.05) is 20.1 Å². The molecule has 0 aromatic carbocycles. The van der Waals surface area contributed by atoms with Gasteiger partial charge in [-0.25, -0.2) is 0 Å². The average molecular weight is 161 g/mol. The maximum absolute atomic E-state index is 10.8. The van der Waals surface area contributed by atoms with Gasteiger partial charge in [0.2, 0.25) is 12.3 Å². The van der Waals surface area contributed by atoms with Crippen molar-refractivity contribution < 1.29 is 14.6 Å². The molecule has 1 unspecified atom stereocenters. The molecule has 11 heavy (non-hydrogen) atoms. The number of hydrogen-bond acceptors (Lipinski definition) is 3. The van der Waals surface area contributed by atoms with E-state index in [-0.39, 0.29) is 5.91 Å². The zero-order chi connectivity index (χ0) is 8.85. The van der Waals surface area contributed by atoms with Crippen LogP contribution >= 0.6 is 0 Å². The van der Waals surface area contributed by atoms with Gasteiger partial charge in [-0.3, -0.25) is 9.69 Å². The van der Waals surface area contributed by atoms with Gasteiger partial charge in [0.15, 0.2) is 0 Å². The molecule has 0 radical (unpaired) electrons. The second-order valence-electron chi connectivity index (χ2n) is 2.09. The molecule has 0 aliphatic rings. The third kappa shape index (κ3) is 3.34. The number of nitrogens with zero attached hydrogens (tertiary/aromatic N) is 1. The maximum Gasteiger partial charge on any atom is 0.240 e. The molecule has 0 saturated heterocycles.